The van der Waals surface area contributed by atoms with Crippen LogP contribution in [-0.4, -0.2) is 36.7 Å². The zero-order chi connectivity index (χ0) is 13.7. The van der Waals surface area contributed by atoms with Crippen molar-refractivity contribution in [1.82, 2.24) is 4.90 Å². The van der Waals surface area contributed by atoms with Crippen LogP contribution in [0.3, 0.4) is 0 Å². The highest BCUT2D eigenvalue weighted by atomic mass is 35.5. The molecule has 1 aromatic rings. The van der Waals surface area contributed by atoms with Crippen LogP contribution >= 0.6 is 11.6 Å². The van der Waals surface area contributed by atoms with E-state index in [4.69, 9.17) is 16.3 Å². The number of piperidine rings is 1. The Hall–Kier alpha value is -1.42. The van der Waals surface area contributed by atoms with Crippen molar-refractivity contribution in [3.63, 3.8) is 0 Å². The van der Waals surface area contributed by atoms with Gasteiger partial charge in [-0.2, -0.15) is 0 Å². The number of amides is 1. The van der Waals surface area contributed by atoms with Crippen LogP contribution in [-0.2, 0) is 4.74 Å². The normalized spacial score (nSPS) is 16.2. The minimum atomic E-state index is -0.205. The van der Waals surface area contributed by atoms with E-state index in [2.05, 4.69) is 5.32 Å². The Kier molecular flexibility index (Phi) is 4.91. The van der Waals surface area contributed by atoms with Crippen LogP contribution in [0.15, 0.2) is 24.3 Å². The molecule has 4 nitrogen and oxygen atoms in total. The Morgan fingerprint density at radius 2 is 2.21 bits per heavy atom. The van der Waals surface area contributed by atoms with E-state index in [1.165, 1.54) is 0 Å². The summed E-state index contributed by atoms with van der Waals surface area (Å²) in [5, 5.41) is 4.18. The van der Waals surface area contributed by atoms with E-state index in [0.717, 1.165) is 36.6 Å². The highest BCUT2D eigenvalue weighted by molar-refractivity contribution is 6.30. The molecule has 0 radical (unpaired) electrons. The monoisotopic (exact) mass is 282 g/mol. The van der Waals surface area contributed by atoms with Crippen molar-refractivity contribution >= 4 is 23.4 Å². The first-order chi connectivity index (χ1) is 9.19. The Bertz CT molecular complexity index is 431. The quantitative estimate of drug-likeness (QED) is 0.924. The van der Waals surface area contributed by atoms with Crippen molar-refractivity contribution in [3.8, 4) is 0 Å². The molecule has 1 heterocycles. The van der Waals surface area contributed by atoms with Crippen LogP contribution in [0.4, 0.5) is 10.5 Å². The molecule has 0 bridgehead atoms. The van der Waals surface area contributed by atoms with Gasteiger partial charge in [-0.15, -0.1) is 0 Å². The van der Waals surface area contributed by atoms with Crippen LogP contribution < -0.4 is 5.32 Å². The lowest BCUT2D eigenvalue weighted by atomic mass is 10.1. The molecule has 0 spiro atoms. The molecular formula is C14H19ClN2O2. The molecule has 1 saturated heterocycles. The number of anilines is 1. The molecule has 0 saturated carbocycles. The van der Waals surface area contributed by atoms with Gasteiger partial charge in [0, 0.05) is 29.8 Å². The summed E-state index contributed by atoms with van der Waals surface area (Å²) >= 11 is 5.95. The zero-order valence-electron chi connectivity index (χ0n) is 11.1. The fourth-order valence-electron chi connectivity index (χ4n) is 2.24. The van der Waals surface area contributed by atoms with Gasteiger partial charge in [0.15, 0.2) is 0 Å². The first-order valence-electron chi connectivity index (χ1n) is 6.63. The molecule has 0 atom stereocenters. The van der Waals surface area contributed by atoms with Gasteiger partial charge >= 0.3 is 6.09 Å². The topological polar surface area (TPSA) is 41.6 Å². The lowest BCUT2D eigenvalue weighted by Crippen LogP contribution is -2.42. The highest BCUT2D eigenvalue weighted by Crippen LogP contribution is 2.20. The number of hydrogen-bond acceptors (Lipinski definition) is 3. The van der Waals surface area contributed by atoms with Gasteiger partial charge in [0.05, 0.1) is 6.61 Å². The minimum absolute atomic E-state index is 0.205. The number of hydrogen-bond donors (Lipinski definition) is 1. The first kappa shape index (κ1) is 14.0. The molecule has 0 aromatic heterocycles. The van der Waals surface area contributed by atoms with Crippen molar-refractivity contribution < 1.29 is 9.53 Å². The van der Waals surface area contributed by atoms with Gasteiger partial charge in [-0.05, 0) is 38.0 Å². The lowest BCUT2D eigenvalue weighted by molar-refractivity contribution is 0.0983. The van der Waals surface area contributed by atoms with Crippen LogP contribution in [0.25, 0.3) is 0 Å². The summed E-state index contributed by atoms with van der Waals surface area (Å²) in [5.41, 5.74) is 1.03. The molecule has 1 N–H and O–H groups in total. The molecule has 19 heavy (non-hydrogen) atoms. The van der Waals surface area contributed by atoms with E-state index in [-0.39, 0.29) is 6.09 Å². The smallest absolute Gasteiger partial charge is 0.409 e. The summed E-state index contributed by atoms with van der Waals surface area (Å²) in [6.45, 7) is 3.72. The van der Waals surface area contributed by atoms with E-state index in [1.54, 1.807) is 4.90 Å². The van der Waals surface area contributed by atoms with Crippen molar-refractivity contribution in [2.24, 2.45) is 0 Å². The molecule has 0 aliphatic carbocycles. The number of halogens is 1. The van der Waals surface area contributed by atoms with Gasteiger partial charge in [0.25, 0.3) is 0 Å². The van der Waals surface area contributed by atoms with Gasteiger partial charge in [-0.25, -0.2) is 4.79 Å². The van der Waals surface area contributed by atoms with E-state index < -0.39 is 0 Å². The average molecular weight is 283 g/mol. The molecule has 1 amide bonds. The maximum Gasteiger partial charge on any atom is 0.409 e. The van der Waals surface area contributed by atoms with Crippen molar-refractivity contribution in [1.29, 1.82) is 0 Å². The number of rotatable bonds is 3. The van der Waals surface area contributed by atoms with E-state index in [1.807, 2.05) is 31.2 Å². The summed E-state index contributed by atoms with van der Waals surface area (Å²) in [5.74, 6) is 0. The molecule has 2 rings (SSSR count). The third-order valence-corrected chi connectivity index (χ3v) is 3.45. The second kappa shape index (κ2) is 6.66. The van der Waals surface area contributed by atoms with Gasteiger partial charge < -0.3 is 15.0 Å². The standard InChI is InChI=1S/C14H19ClN2O2/c1-2-19-14(18)17-8-6-12(7-9-17)16-13-5-3-4-11(15)10-13/h3-5,10,12,16H,2,6-9H2,1H3. The van der Waals surface area contributed by atoms with Crippen LogP contribution in [0.5, 0.6) is 0 Å². The second-order valence-electron chi connectivity index (χ2n) is 4.61. The molecule has 5 heteroatoms. The highest BCUT2D eigenvalue weighted by Gasteiger charge is 2.23. The second-order valence-corrected chi connectivity index (χ2v) is 5.05. The number of nitrogens with zero attached hydrogens (tertiary/aromatic N) is 1. The fourth-order valence-corrected chi connectivity index (χ4v) is 2.43. The Balaban J connectivity index is 1.82. The third-order valence-electron chi connectivity index (χ3n) is 3.22. The van der Waals surface area contributed by atoms with E-state index >= 15 is 0 Å². The van der Waals surface area contributed by atoms with Gasteiger partial charge in [0.2, 0.25) is 0 Å². The SMILES string of the molecule is CCOC(=O)N1CCC(Nc2cccc(Cl)c2)CC1. The number of ether oxygens (including phenoxy) is 1. The maximum atomic E-state index is 11.6. The summed E-state index contributed by atoms with van der Waals surface area (Å²) in [7, 11) is 0. The van der Waals surface area contributed by atoms with Crippen molar-refractivity contribution in [2.75, 3.05) is 25.0 Å². The molecule has 1 aliphatic rings. The van der Waals surface area contributed by atoms with Gasteiger partial charge in [-0.3, -0.25) is 0 Å². The molecule has 1 fully saturated rings. The maximum absolute atomic E-state index is 11.6. The zero-order valence-corrected chi connectivity index (χ0v) is 11.8. The summed E-state index contributed by atoms with van der Waals surface area (Å²) in [6, 6.07) is 8.08. The van der Waals surface area contributed by atoms with Gasteiger partial charge in [-0.1, -0.05) is 17.7 Å². The van der Waals surface area contributed by atoms with Crippen molar-refractivity contribution in [2.45, 2.75) is 25.8 Å². The summed E-state index contributed by atoms with van der Waals surface area (Å²) in [6.07, 6.45) is 1.64. The number of carbonyl (C=O) groups excluding carboxylic acids is 1. The molecule has 0 unspecified atom stereocenters. The van der Waals surface area contributed by atoms with Crippen molar-refractivity contribution in [3.05, 3.63) is 29.3 Å². The van der Waals surface area contributed by atoms with E-state index in [0.29, 0.717) is 12.6 Å². The van der Waals surface area contributed by atoms with Crippen LogP contribution in [0.2, 0.25) is 5.02 Å². The molecule has 1 aromatic carbocycles. The number of nitrogens with one attached hydrogen (secondary N) is 1. The Morgan fingerprint density at radius 1 is 1.47 bits per heavy atom. The lowest BCUT2D eigenvalue weighted by Gasteiger charge is -2.32. The summed E-state index contributed by atoms with van der Waals surface area (Å²) < 4.78 is 5.00. The fraction of sp³-hybridized carbons (Fsp3) is 0.500. The predicted octanol–water partition coefficient (Wildman–Crippen LogP) is 3.37. The summed E-state index contributed by atoms with van der Waals surface area (Å²) in [4.78, 5) is 13.3. The Labute approximate surface area is 118 Å². The number of carbonyl (C=O) groups is 1. The minimum Gasteiger partial charge on any atom is -0.450 e. The molecular weight excluding hydrogens is 264 g/mol. The molecule has 104 valence electrons. The van der Waals surface area contributed by atoms with Crippen LogP contribution in [0, 0.1) is 0 Å². The third kappa shape index (κ3) is 4.03. The number of benzene rings is 1. The molecule has 1 aliphatic heterocycles. The number of likely N-dealkylation sites (tertiary alicyclic amines) is 1. The van der Waals surface area contributed by atoms with Gasteiger partial charge in [0.1, 0.15) is 0 Å². The Morgan fingerprint density at radius 3 is 2.84 bits per heavy atom. The average Bonchev–Trinajstić information content (AvgIpc) is 2.40. The first-order valence-corrected chi connectivity index (χ1v) is 7.00. The largest absolute Gasteiger partial charge is 0.450 e. The van der Waals surface area contributed by atoms with E-state index in [9.17, 15) is 4.79 Å². The predicted molar refractivity (Wildman–Crippen MR) is 76.7 cm³/mol. The van der Waals surface area contributed by atoms with Crippen LogP contribution in [0.1, 0.15) is 19.8 Å².